The summed E-state index contributed by atoms with van der Waals surface area (Å²) in [6.45, 7) is 0. The highest BCUT2D eigenvalue weighted by Gasteiger charge is 2.18. The van der Waals surface area contributed by atoms with E-state index in [1.54, 1.807) is 25.2 Å². The van der Waals surface area contributed by atoms with Crippen molar-refractivity contribution in [2.75, 3.05) is 12.5 Å². The molecule has 0 spiro atoms. The first kappa shape index (κ1) is 15.6. The normalized spacial score (nSPS) is 11.8. The lowest BCUT2D eigenvalue weighted by molar-refractivity contribution is -0.122. The van der Waals surface area contributed by atoms with Gasteiger partial charge < -0.3 is 10.7 Å². The zero-order valence-electron chi connectivity index (χ0n) is 11.4. The van der Waals surface area contributed by atoms with Crippen LogP contribution in [0.25, 0.3) is 0 Å². The van der Waals surface area contributed by atoms with E-state index in [1.807, 2.05) is 30.3 Å². The smallest absolute Gasteiger partial charge is 0.243 e. The molecule has 4 nitrogen and oxygen atoms in total. The van der Waals surface area contributed by atoms with Crippen LogP contribution in [0, 0.1) is 0 Å². The predicted octanol–water partition coefficient (Wildman–Crippen LogP) is 3.40. The van der Waals surface area contributed by atoms with Gasteiger partial charge in [-0.25, -0.2) is 5.43 Å². The van der Waals surface area contributed by atoms with Gasteiger partial charge >= 0.3 is 0 Å². The summed E-state index contributed by atoms with van der Waals surface area (Å²) >= 11 is 11.9. The molecule has 2 aromatic rings. The van der Waals surface area contributed by atoms with Crippen molar-refractivity contribution in [2.45, 2.75) is 6.04 Å². The number of anilines is 1. The molecule has 0 saturated heterocycles. The molecule has 2 rings (SSSR count). The first-order valence-corrected chi connectivity index (χ1v) is 7.10. The van der Waals surface area contributed by atoms with Crippen LogP contribution in [-0.2, 0) is 4.79 Å². The first-order valence-electron chi connectivity index (χ1n) is 6.35. The lowest BCUT2D eigenvalue weighted by Gasteiger charge is -2.19. The molecule has 0 aliphatic heterocycles. The molecule has 3 N–H and O–H groups in total. The molecule has 0 aliphatic carbocycles. The van der Waals surface area contributed by atoms with E-state index in [0.29, 0.717) is 15.7 Å². The summed E-state index contributed by atoms with van der Waals surface area (Å²) in [5.41, 5.74) is 7.41. The Labute approximate surface area is 133 Å². The monoisotopic (exact) mass is 323 g/mol. The highest BCUT2D eigenvalue weighted by Crippen LogP contribution is 2.25. The Hall–Kier alpha value is -1.75. The van der Waals surface area contributed by atoms with Crippen molar-refractivity contribution >= 4 is 34.8 Å². The summed E-state index contributed by atoms with van der Waals surface area (Å²) in [6.07, 6.45) is 0. The molecule has 0 aromatic heterocycles. The third-order valence-electron chi connectivity index (χ3n) is 2.92. The molecule has 0 saturated carbocycles. The fourth-order valence-electron chi connectivity index (χ4n) is 1.83. The molecule has 0 fully saturated rings. The standard InChI is InChI=1S/C15H15Cl2N3O/c1-18-15(21)14(10-5-3-2-4-6-10)20-19-13-8-7-11(16)9-12(13)17/h2-9,14,19-20H,1H3,(H,18,21). The SMILES string of the molecule is CNC(=O)C(NNc1ccc(Cl)cc1Cl)c1ccccc1. The second-order valence-electron chi connectivity index (χ2n) is 4.35. The molecule has 0 radical (unpaired) electrons. The number of hydrogen-bond acceptors (Lipinski definition) is 3. The molecule has 0 aliphatic rings. The summed E-state index contributed by atoms with van der Waals surface area (Å²) in [5, 5.41) is 3.65. The topological polar surface area (TPSA) is 53.2 Å². The summed E-state index contributed by atoms with van der Waals surface area (Å²) in [5.74, 6) is -0.154. The Bertz CT molecular complexity index is 620. The van der Waals surface area contributed by atoms with Gasteiger partial charge in [-0.15, -0.1) is 0 Å². The van der Waals surface area contributed by atoms with E-state index >= 15 is 0 Å². The minimum absolute atomic E-state index is 0.154. The van der Waals surface area contributed by atoms with Crippen LogP contribution < -0.4 is 16.2 Å². The molecule has 110 valence electrons. The van der Waals surface area contributed by atoms with E-state index in [-0.39, 0.29) is 5.91 Å². The third kappa shape index (κ3) is 4.11. The quantitative estimate of drug-likeness (QED) is 0.739. The maximum atomic E-state index is 12.0. The zero-order valence-corrected chi connectivity index (χ0v) is 12.9. The number of halogens is 2. The molecule has 1 unspecified atom stereocenters. The minimum Gasteiger partial charge on any atom is -0.357 e. The van der Waals surface area contributed by atoms with Gasteiger partial charge in [0.1, 0.15) is 6.04 Å². The van der Waals surface area contributed by atoms with Crippen molar-refractivity contribution in [1.82, 2.24) is 10.7 Å². The summed E-state index contributed by atoms with van der Waals surface area (Å²) in [4.78, 5) is 12.0. The van der Waals surface area contributed by atoms with Gasteiger partial charge in [-0.1, -0.05) is 53.5 Å². The number of hydrazine groups is 1. The van der Waals surface area contributed by atoms with E-state index in [2.05, 4.69) is 16.2 Å². The van der Waals surface area contributed by atoms with Crippen molar-refractivity contribution in [3.8, 4) is 0 Å². The number of carbonyl (C=O) groups excluding carboxylic acids is 1. The molecule has 0 bridgehead atoms. The zero-order chi connectivity index (χ0) is 15.2. The maximum absolute atomic E-state index is 12.0. The van der Waals surface area contributed by atoms with Crippen LogP contribution in [0.1, 0.15) is 11.6 Å². The third-order valence-corrected chi connectivity index (χ3v) is 3.47. The fourth-order valence-corrected chi connectivity index (χ4v) is 2.29. The Morgan fingerprint density at radius 1 is 1.10 bits per heavy atom. The summed E-state index contributed by atoms with van der Waals surface area (Å²) in [6, 6.07) is 13.9. The van der Waals surface area contributed by atoms with Gasteiger partial charge in [0, 0.05) is 12.1 Å². The second kappa shape index (κ2) is 7.31. The number of hydrogen-bond donors (Lipinski definition) is 3. The Morgan fingerprint density at radius 3 is 2.43 bits per heavy atom. The number of amides is 1. The molecule has 6 heteroatoms. The van der Waals surface area contributed by atoms with Crippen LogP contribution >= 0.6 is 23.2 Å². The Morgan fingerprint density at radius 2 is 1.81 bits per heavy atom. The number of carbonyl (C=O) groups is 1. The molecule has 1 atom stereocenters. The molecular weight excluding hydrogens is 309 g/mol. The van der Waals surface area contributed by atoms with E-state index in [1.165, 1.54) is 0 Å². The van der Waals surface area contributed by atoms with Crippen molar-refractivity contribution < 1.29 is 4.79 Å². The van der Waals surface area contributed by atoms with Crippen LogP contribution in [0.2, 0.25) is 10.0 Å². The van der Waals surface area contributed by atoms with Gasteiger partial charge in [0.2, 0.25) is 5.91 Å². The molecule has 2 aromatic carbocycles. The van der Waals surface area contributed by atoms with Gasteiger partial charge in [-0.2, -0.15) is 0 Å². The number of benzene rings is 2. The second-order valence-corrected chi connectivity index (χ2v) is 5.20. The number of likely N-dealkylation sites (N-methyl/N-ethyl adjacent to an activating group) is 1. The minimum atomic E-state index is -0.539. The molecule has 21 heavy (non-hydrogen) atoms. The van der Waals surface area contributed by atoms with Crippen LogP contribution in [-0.4, -0.2) is 13.0 Å². The fraction of sp³-hybridized carbons (Fsp3) is 0.133. The van der Waals surface area contributed by atoms with Crippen molar-refractivity contribution in [3.63, 3.8) is 0 Å². The lowest BCUT2D eigenvalue weighted by Crippen LogP contribution is -2.38. The summed E-state index contributed by atoms with van der Waals surface area (Å²) in [7, 11) is 1.59. The van der Waals surface area contributed by atoms with E-state index in [4.69, 9.17) is 23.2 Å². The van der Waals surface area contributed by atoms with Gasteiger partial charge in [-0.05, 0) is 23.8 Å². The van der Waals surface area contributed by atoms with Gasteiger partial charge in [0.25, 0.3) is 0 Å². The average Bonchev–Trinajstić information content (AvgIpc) is 2.50. The molecule has 0 heterocycles. The number of rotatable bonds is 5. The van der Waals surface area contributed by atoms with Crippen molar-refractivity contribution in [2.24, 2.45) is 0 Å². The predicted molar refractivity (Wildman–Crippen MR) is 86.5 cm³/mol. The van der Waals surface area contributed by atoms with E-state index in [0.717, 1.165) is 5.56 Å². The molecule has 1 amide bonds. The highest BCUT2D eigenvalue weighted by molar-refractivity contribution is 6.36. The summed E-state index contributed by atoms with van der Waals surface area (Å²) < 4.78 is 0. The van der Waals surface area contributed by atoms with E-state index < -0.39 is 6.04 Å². The van der Waals surface area contributed by atoms with Crippen LogP contribution in [0.15, 0.2) is 48.5 Å². The van der Waals surface area contributed by atoms with Crippen LogP contribution in [0.3, 0.4) is 0 Å². The maximum Gasteiger partial charge on any atom is 0.243 e. The van der Waals surface area contributed by atoms with Crippen LogP contribution in [0.4, 0.5) is 5.69 Å². The van der Waals surface area contributed by atoms with Gasteiger partial charge in [0.05, 0.1) is 10.7 Å². The van der Waals surface area contributed by atoms with Crippen molar-refractivity contribution in [1.29, 1.82) is 0 Å². The van der Waals surface area contributed by atoms with Crippen molar-refractivity contribution in [3.05, 3.63) is 64.1 Å². The van der Waals surface area contributed by atoms with Gasteiger partial charge in [-0.3, -0.25) is 4.79 Å². The number of nitrogens with one attached hydrogen (secondary N) is 3. The highest BCUT2D eigenvalue weighted by atomic mass is 35.5. The molecular formula is C15H15Cl2N3O. The first-order chi connectivity index (χ1) is 10.1. The lowest BCUT2D eigenvalue weighted by atomic mass is 10.1. The van der Waals surface area contributed by atoms with Crippen LogP contribution in [0.5, 0.6) is 0 Å². The largest absolute Gasteiger partial charge is 0.357 e. The average molecular weight is 324 g/mol. The van der Waals surface area contributed by atoms with E-state index in [9.17, 15) is 4.79 Å². The Kier molecular flexibility index (Phi) is 5.44. The van der Waals surface area contributed by atoms with Gasteiger partial charge in [0.15, 0.2) is 0 Å². The Balaban J connectivity index is 2.15.